The molecule has 0 saturated carbocycles. The maximum absolute atomic E-state index is 13.6. The number of halogens is 1. The molecular weight excluding hydrogens is 478 g/mol. The monoisotopic (exact) mass is 511 g/mol. The highest BCUT2D eigenvalue weighted by atomic mass is 35.5. The molecule has 2 aromatic heterocycles. The van der Waals surface area contributed by atoms with E-state index in [0.717, 1.165) is 32.5 Å². The Bertz CT molecular complexity index is 1280. The molecule has 0 spiro atoms. The average Bonchev–Trinajstić information content (AvgIpc) is 2.81. The van der Waals surface area contributed by atoms with Gasteiger partial charge >= 0.3 is 0 Å². The predicted octanol–water partition coefficient (Wildman–Crippen LogP) is 4.14. The molecular formula is C27H34ClN5O3. The zero-order valence-electron chi connectivity index (χ0n) is 21.3. The Morgan fingerprint density at radius 3 is 2.61 bits per heavy atom. The molecule has 1 aromatic carbocycles. The first kappa shape index (κ1) is 26.1. The van der Waals surface area contributed by atoms with Crippen LogP contribution >= 0.6 is 11.6 Å². The van der Waals surface area contributed by atoms with Crippen LogP contribution in [0, 0.1) is 5.92 Å². The maximum atomic E-state index is 13.6. The van der Waals surface area contributed by atoms with Crippen LogP contribution in [0.1, 0.15) is 40.5 Å². The SMILES string of the molecule is CC(C)CN1CCC(Oc2cnc3nc(-c4cccc(Cl)c4)n(CC(=O)NC(C)C)c(=O)c3c2)CC1. The largest absolute Gasteiger partial charge is 0.489 e. The van der Waals surface area contributed by atoms with Crippen LogP contribution in [-0.4, -0.2) is 57.1 Å². The van der Waals surface area contributed by atoms with Crippen molar-refractivity contribution in [3.63, 3.8) is 0 Å². The Morgan fingerprint density at radius 1 is 1.19 bits per heavy atom. The number of amides is 1. The van der Waals surface area contributed by atoms with Crippen LogP contribution in [0.3, 0.4) is 0 Å². The highest BCUT2D eigenvalue weighted by molar-refractivity contribution is 6.30. The summed E-state index contributed by atoms with van der Waals surface area (Å²) in [5.41, 5.74) is 0.585. The third kappa shape index (κ3) is 6.42. The highest BCUT2D eigenvalue weighted by Crippen LogP contribution is 2.24. The van der Waals surface area contributed by atoms with Gasteiger partial charge in [-0.25, -0.2) is 9.97 Å². The summed E-state index contributed by atoms with van der Waals surface area (Å²) in [5, 5.41) is 3.66. The molecule has 1 N–H and O–H groups in total. The fourth-order valence-electron chi connectivity index (χ4n) is 4.58. The zero-order valence-corrected chi connectivity index (χ0v) is 22.1. The minimum Gasteiger partial charge on any atom is -0.489 e. The molecule has 36 heavy (non-hydrogen) atoms. The van der Waals surface area contributed by atoms with Gasteiger partial charge in [0, 0.05) is 36.3 Å². The molecule has 1 amide bonds. The van der Waals surface area contributed by atoms with Crippen LogP contribution in [0.4, 0.5) is 0 Å². The first-order valence-corrected chi connectivity index (χ1v) is 12.9. The number of carbonyl (C=O) groups excluding carboxylic acids is 1. The molecule has 0 unspecified atom stereocenters. The second-order valence-corrected chi connectivity index (χ2v) is 10.5. The van der Waals surface area contributed by atoms with E-state index in [4.69, 9.17) is 16.3 Å². The van der Waals surface area contributed by atoms with Crippen molar-refractivity contribution in [1.82, 2.24) is 24.8 Å². The van der Waals surface area contributed by atoms with E-state index >= 15 is 0 Å². The Labute approximate surface area is 216 Å². The van der Waals surface area contributed by atoms with Gasteiger partial charge in [-0.05, 0) is 50.8 Å². The lowest BCUT2D eigenvalue weighted by molar-refractivity contribution is -0.122. The van der Waals surface area contributed by atoms with Gasteiger partial charge < -0.3 is 15.0 Å². The number of fused-ring (bicyclic) bond motifs is 1. The van der Waals surface area contributed by atoms with Gasteiger partial charge in [0.2, 0.25) is 5.91 Å². The molecule has 8 nitrogen and oxygen atoms in total. The number of nitrogens with one attached hydrogen (secondary N) is 1. The fourth-order valence-corrected chi connectivity index (χ4v) is 4.77. The molecule has 4 rings (SSSR count). The summed E-state index contributed by atoms with van der Waals surface area (Å²) in [6.45, 7) is 11.1. The molecule has 1 aliphatic heterocycles. The molecule has 9 heteroatoms. The number of likely N-dealkylation sites (tertiary alicyclic amines) is 1. The Balaban J connectivity index is 1.65. The molecule has 192 valence electrons. The number of benzene rings is 1. The molecule has 1 saturated heterocycles. The van der Waals surface area contributed by atoms with Crippen molar-refractivity contribution >= 4 is 28.5 Å². The number of pyridine rings is 1. The third-order valence-corrected chi connectivity index (χ3v) is 6.31. The summed E-state index contributed by atoms with van der Waals surface area (Å²) in [6.07, 6.45) is 3.55. The van der Waals surface area contributed by atoms with E-state index in [-0.39, 0.29) is 30.2 Å². The van der Waals surface area contributed by atoms with Crippen LogP contribution in [0.15, 0.2) is 41.3 Å². The van der Waals surface area contributed by atoms with Crippen LogP contribution in [-0.2, 0) is 11.3 Å². The van der Waals surface area contributed by atoms with Crippen molar-refractivity contribution in [2.24, 2.45) is 5.92 Å². The van der Waals surface area contributed by atoms with Crippen molar-refractivity contribution in [3.8, 4) is 17.1 Å². The molecule has 3 heterocycles. The normalized spacial score (nSPS) is 15.1. The van der Waals surface area contributed by atoms with Crippen molar-refractivity contribution in [3.05, 3.63) is 51.9 Å². The van der Waals surface area contributed by atoms with Gasteiger partial charge in [-0.1, -0.05) is 37.6 Å². The summed E-state index contributed by atoms with van der Waals surface area (Å²) in [5.74, 6) is 1.25. The number of nitrogens with zero attached hydrogens (tertiary/aromatic N) is 4. The van der Waals surface area contributed by atoms with Gasteiger partial charge in [0.25, 0.3) is 5.56 Å². The summed E-state index contributed by atoms with van der Waals surface area (Å²) in [4.78, 5) is 37.8. The number of ether oxygens (including phenoxy) is 1. The van der Waals surface area contributed by atoms with Gasteiger partial charge in [0.05, 0.1) is 11.6 Å². The van der Waals surface area contributed by atoms with Crippen LogP contribution in [0.25, 0.3) is 22.4 Å². The number of aromatic nitrogens is 3. The quantitative estimate of drug-likeness (QED) is 0.489. The topological polar surface area (TPSA) is 89.3 Å². The number of piperidine rings is 1. The first-order valence-electron chi connectivity index (χ1n) is 12.5. The lowest BCUT2D eigenvalue weighted by Gasteiger charge is -2.33. The minimum atomic E-state index is -0.349. The Kier molecular flexibility index (Phi) is 8.26. The van der Waals surface area contributed by atoms with Crippen LogP contribution < -0.4 is 15.6 Å². The lowest BCUT2D eigenvalue weighted by Crippen LogP contribution is -2.40. The lowest BCUT2D eigenvalue weighted by atomic mass is 10.1. The molecule has 0 atom stereocenters. The summed E-state index contributed by atoms with van der Waals surface area (Å²) < 4.78 is 7.59. The van der Waals surface area contributed by atoms with E-state index < -0.39 is 0 Å². The summed E-state index contributed by atoms with van der Waals surface area (Å²) in [6, 6.07) is 8.69. The zero-order chi connectivity index (χ0) is 25.8. The molecule has 0 aliphatic carbocycles. The van der Waals surface area contributed by atoms with Crippen molar-refractivity contribution in [1.29, 1.82) is 0 Å². The average molecular weight is 512 g/mol. The first-order chi connectivity index (χ1) is 17.2. The number of hydrogen-bond acceptors (Lipinski definition) is 6. The van der Waals surface area contributed by atoms with Crippen LogP contribution in [0.2, 0.25) is 5.02 Å². The highest BCUT2D eigenvalue weighted by Gasteiger charge is 2.22. The van der Waals surface area contributed by atoms with Gasteiger partial charge in [0.15, 0.2) is 5.65 Å². The second-order valence-electron chi connectivity index (χ2n) is 10.1. The Morgan fingerprint density at radius 2 is 1.94 bits per heavy atom. The van der Waals surface area contributed by atoms with Gasteiger partial charge in [-0.15, -0.1) is 0 Å². The maximum Gasteiger partial charge on any atom is 0.263 e. The van der Waals surface area contributed by atoms with Crippen molar-refractivity contribution < 1.29 is 9.53 Å². The van der Waals surface area contributed by atoms with E-state index in [1.54, 1.807) is 36.5 Å². The van der Waals surface area contributed by atoms with Gasteiger partial charge in [0.1, 0.15) is 24.2 Å². The van der Waals surface area contributed by atoms with Crippen molar-refractivity contribution in [2.45, 2.75) is 59.2 Å². The number of hydrogen-bond donors (Lipinski definition) is 1. The van der Waals surface area contributed by atoms with Gasteiger partial charge in [-0.3, -0.25) is 14.2 Å². The van der Waals surface area contributed by atoms with E-state index in [1.165, 1.54) is 4.57 Å². The second kappa shape index (κ2) is 11.4. The van der Waals surface area contributed by atoms with E-state index in [2.05, 4.69) is 34.0 Å². The molecule has 0 bridgehead atoms. The van der Waals surface area contributed by atoms with Crippen molar-refractivity contribution in [2.75, 3.05) is 19.6 Å². The third-order valence-electron chi connectivity index (χ3n) is 6.08. The van der Waals surface area contributed by atoms with E-state index in [0.29, 0.717) is 39.1 Å². The molecule has 3 aromatic rings. The number of rotatable bonds is 8. The summed E-state index contributed by atoms with van der Waals surface area (Å²) >= 11 is 6.20. The van der Waals surface area contributed by atoms with Gasteiger partial charge in [-0.2, -0.15) is 0 Å². The predicted molar refractivity (Wildman–Crippen MR) is 142 cm³/mol. The smallest absolute Gasteiger partial charge is 0.263 e. The summed E-state index contributed by atoms with van der Waals surface area (Å²) in [7, 11) is 0. The molecule has 1 aliphatic rings. The standard InChI is InChI=1S/C27H34ClN5O3/c1-17(2)15-32-10-8-21(9-11-32)36-22-13-23-25(29-14-22)31-26(19-6-5-7-20(28)12-19)33(27(23)35)16-24(34)30-18(3)4/h5-7,12-14,17-18,21H,8-11,15-16H2,1-4H3,(H,30,34). The fraction of sp³-hybridized carbons (Fsp3) is 0.481. The van der Waals surface area contributed by atoms with E-state index in [9.17, 15) is 9.59 Å². The minimum absolute atomic E-state index is 0.0511. The van der Waals surface area contributed by atoms with Crippen LogP contribution in [0.5, 0.6) is 5.75 Å². The van der Waals surface area contributed by atoms with E-state index in [1.807, 2.05) is 13.8 Å². The molecule has 0 radical (unpaired) electrons. The Hall–Kier alpha value is -2.97. The number of carbonyl (C=O) groups is 1. The molecule has 1 fully saturated rings.